The van der Waals surface area contributed by atoms with Crippen molar-refractivity contribution in [3.8, 4) is 5.88 Å². The standard InChI is InChI=1S/C22H26N4O4S/c1-14-10-20(24-15(2)23-14)30-18-4-3-8-25(13-18)31(28,29)19-11-16-5-6-21(27)26-9-7-17(12-19)22(16)26/h10-12,18H,3-9,13H2,1-2H3. The summed E-state index contributed by atoms with van der Waals surface area (Å²) in [5.41, 5.74) is 3.68. The number of hydrogen-bond acceptors (Lipinski definition) is 6. The van der Waals surface area contributed by atoms with Crippen LogP contribution >= 0.6 is 0 Å². The van der Waals surface area contributed by atoms with Crippen molar-refractivity contribution in [3.05, 3.63) is 40.8 Å². The van der Waals surface area contributed by atoms with Gasteiger partial charge in [0, 0.05) is 31.3 Å². The van der Waals surface area contributed by atoms with Gasteiger partial charge < -0.3 is 9.64 Å². The van der Waals surface area contributed by atoms with Crippen molar-refractivity contribution in [3.63, 3.8) is 0 Å². The molecule has 0 saturated carbocycles. The first-order valence-corrected chi connectivity index (χ1v) is 12.2. The number of ether oxygens (including phenoxy) is 1. The second kappa shape index (κ2) is 7.56. The molecular formula is C22H26N4O4S. The molecular weight excluding hydrogens is 416 g/mol. The fraction of sp³-hybridized carbons (Fsp3) is 0.500. The number of amides is 1. The fourth-order valence-corrected chi connectivity index (χ4v) is 6.47. The summed E-state index contributed by atoms with van der Waals surface area (Å²) in [4.78, 5) is 22.9. The number of anilines is 1. The number of sulfonamides is 1. The number of benzene rings is 1. The van der Waals surface area contributed by atoms with Crippen LogP contribution in [-0.2, 0) is 27.7 Å². The van der Waals surface area contributed by atoms with Crippen molar-refractivity contribution in [2.75, 3.05) is 24.5 Å². The van der Waals surface area contributed by atoms with Gasteiger partial charge in [-0.3, -0.25) is 4.79 Å². The quantitative estimate of drug-likeness (QED) is 0.721. The Balaban J connectivity index is 1.39. The Labute approximate surface area is 182 Å². The van der Waals surface area contributed by atoms with Crippen molar-refractivity contribution in [2.24, 2.45) is 0 Å². The van der Waals surface area contributed by atoms with Crippen LogP contribution in [0.25, 0.3) is 0 Å². The van der Waals surface area contributed by atoms with E-state index in [0.717, 1.165) is 35.3 Å². The van der Waals surface area contributed by atoms with Gasteiger partial charge in [0.25, 0.3) is 0 Å². The van der Waals surface area contributed by atoms with E-state index in [2.05, 4.69) is 9.97 Å². The maximum absolute atomic E-state index is 13.5. The topological polar surface area (TPSA) is 92.7 Å². The molecule has 0 radical (unpaired) electrons. The van der Waals surface area contributed by atoms with Gasteiger partial charge in [0.15, 0.2) is 0 Å². The smallest absolute Gasteiger partial charge is 0.243 e. The normalized spacial score (nSPS) is 21.3. The van der Waals surface area contributed by atoms with Crippen LogP contribution < -0.4 is 9.64 Å². The minimum atomic E-state index is -3.65. The number of hydrogen-bond donors (Lipinski definition) is 0. The van der Waals surface area contributed by atoms with E-state index >= 15 is 0 Å². The number of aryl methyl sites for hydroxylation is 3. The molecule has 1 saturated heterocycles. The number of carbonyl (C=O) groups excluding carboxylic acids is 1. The molecule has 0 N–H and O–H groups in total. The molecule has 9 heteroatoms. The Morgan fingerprint density at radius 1 is 1.03 bits per heavy atom. The van der Waals surface area contributed by atoms with Crippen LogP contribution in [0.15, 0.2) is 23.1 Å². The maximum Gasteiger partial charge on any atom is 0.243 e. The van der Waals surface area contributed by atoms with E-state index in [4.69, 9.17) is 4.74 Å². The van der Waals surface area contributed by atoms with Gasteiger partial charge in [-0.05, 0) is 62.8 Å². The van der Waals surface area contributed by atoms with Crippen LogP contribution in [0.4, 0.5) is 5.69 Å². The number of carbonyl (C=O) groups is 1. The molecule has 1 fully saturated rings. The Bertz CT molecular complexity index is 1140. The average Bonchev–Trinajstić information content (AvgIpc) is 3.15. The van der Waals surface area contributed by atoms with Crippen molar-refractivity contribution in [1.29, 1.82) is 0 Å². The third kappa shape index (κ3) is 3.70. The predicted octanol–water partition coefficient (Wildman–Crippen LogP) is 2.16. The summed E-state index contributed by atoms with van der Waals surface area (Å²) in [5.74, 6) is 1.25. The molecule has 4 heterocycles. The first-order chi connectivity index (χ1) is 14.8. The highest BCUT2D eigenvalue weighted by molar-refractivity contribution is 7.89. The lowest BCUT2D eigenvalue weighted by Gasteiger charge is -2.32. The lowest BCUT2D eigenvalue weighted by atomic mass is 10.00. The van der Waals surface area contributed by atoms with Crippen molar-refractivity contribution in [2.45, 2.75) is 57.0 Å². The van der Waals surface area contributed by atoms with E-state index < -0.39 is 10.0 Å². The average molecular weight is 443 g/mol. The zero-order valence-corrected chi connectivity index (χ0v) is 18.6. The first-order valence-electron chi connectivity index (χ1n) is 10.8. The Kier molecular flexibility index (Phi) is 4.97. The van der Waals surface area contributed by atoms with Crippen LogP contribution in [0.1, 0.15) is 41.9 Å². The summed E-state index contributed by atoms with van der Waals surface area (Å²) in [6.45, 7) is 5.10. The van der Waals surface area contributed by atoms with E-state index in [1.165, 1.54) is 4.31 Å². The fourth-order valence-electron chi connectivity index (χ4n) is 4.86. The predicted molar refractivity (Wildman–Crippen MR) is 115 cm³/mol. The maximum atomic E-state index is 13.5. The summed E-state index contributed by atoms with van der Waals surface area (Å²) in [6, 6.07) is 5.30. The highest BCUT2D eigenvalue weighted by Gasteiger charge is 2.36. The Morgan fingerprint density at radius 3 is 2.58 bits per heavy atom. The van der Waals surface area contributed by atoms with Gasteiger partial charge in [0.05, 0.1) is 17.1 Å². The molecule has 8 nitrogen and oxygen atoms in total. The lowest BCUT2D eigenvalue weighted by molar-refractivity contribution is -0.118. The van der Waals surface area contributed by atoms with E-state index in [9.17, 15) is 13.2 Å². The summed E-state index contributed by atoms with van der Waals surface area (Å²) in [7, 11) is -3.65. The molecule has 0 aliphatic carbocycles. The lowest BCUT2D eigenvalue weighted by Crippen LogP contribution is -2.44. The molecule has 0 bridgehead atoms. The molecule has 1 atom stereocenters. The largest absolute Gasteiger partial charge is 0.473 e. The molecule has 31 heavy (non-hydrogen) atoms. The van der Waals surface area contributed by atoms with Crippen molar-refractivity contribution >= 4 is 21.6 Å². The van der Waals surface area contributed by atoms with Gasteiger partial charge in [-0.1, -0.05) is 0 Å². The molecule has 1 aromatic heterocycles. The van der Waals surface area contributed by atoms with Gasteiger partial charge in [0.2, 0.25) is 21.8 Å². The van der Waals surface area contributed by atoms with Crippen LogP contribution in [0.3, 0.4) is 0 Å². The van der Waals surface area contributed by atoms with Gasteiger partial charge in [0.1, 0.15) is 11.9 Å². The number of nitrogens with zero attached hydrogens (tertiary/aromatic N) is 4. The molecule has 1 aromatic carbocycles. The molecule has 3 aliphatic rings. The summed E-state index contributed by atoms with van der Waals surface area (Å²) in [6.07, 6.45) is 2.99. The second-order valence-corrected chi connectivity index (χ2v) is 10.5. The molecule has 3 aliphatic heterocycles. The highest BCUT2D eigenvalue weighted by Crippen LogP contribution is 2.39. The van der Waals surface area contributed by atoms with Gasteiger partial charge in [-0.2, -0.15) is 9.29 Å². The van der Waals surface area contributed by atoms with Gasteiger partial charge in [-0.25, -0.2) is 13.4 Å². The third-order valence-electron chi connectivity index (χ3n) is 6.23. The van der Waals surface area contributed by atoms with Crippen LogP contribution in [-0.4, -0.2) is 54.3 Å². The minimum absolute atomic E-state index is 0.132. The zero-order valence-electron chi connectivity index (χ0n) is 17.8. The van der Waals surface area contributed by atoms with Crippen LogP contribution in [0.5, 0.6) is 5.88 Å². The van der Waals surface area contributed by atoms with Crippen LogP contribution in [0, 0.1) is 13.8 Å². The molecule has 1 amide bonds. The second-order valence-electron chi connectivity index (χ2n) is 8.53. The molecule has 1 unspecified atom stereocenters. The van der Waals surface area contributed by atoms with E-state index in [0.29, 0.717) is 55.5 Å². The first kappa shape index (κ1) is 20.4. The number of piperidine rings is 1. The van der Waals surface area contributed by atoms with E-state index in [-0.39, 0.29) is 12.0 Å². The Morgan fingerprint density at radius 2 is 1.81 bits per heavy atom. The Hall–Kier alpha value is -2.52. The third-order valence-corrected chi connectivity index (χ3v) is 8.08. The molecule has 164 valence electrons. The monoisotopic (exact) mass is 442 g/mol. The minimum Gasteiger partial charge on any atom is -0.473 e. The number of aromatic nitrogens is 2. The van der Waals surface area contributed by atoms with Crippen molar-refractivity contribution < 1.29 is 17.9 Å². The van der Waals surface area contributed by atoms with Crippen molar-refractivity contribution in [1.82, 2.24) is 14.3 Å². The summed E-state index contributed by atoms with van der Waals surface area (Å²) >= 11 is 0. The highest BCUT2D eigenvalue weighted by atomic mass is 32.2. The molecule has 5 rings (SSSR count). The molecule has 2 aromatic rings. The van der Waals surface area contributed by atoms with Gasteiger partial charge >= 0.3 is 0 Å². The summed E-state index contributed by atoms with van der Waals surface area (Å²) < 4.78 is 34.5. The van der Waals surface area contributed by atoms with E-state index in [1.807, 2.05) is 13.8 Å². The molecule has 0 spiro atoms. The van der Waals surface area contributed by atoms with Gasteiger partial charge in [-0.15, -0.1) is 0 Å². The SMILES string of the molecule is Cc1cc(OC2CCCN(S(=O)(=O)c3cc4c5c(c3)CCN5C(=O)CC4)C2)nc(C)n1. The van der Waals surface area contributed by atoms with E-state index in [1.54, 1.807) is 23.1 Å². The zero-order chi connectivity index (χ0) is 21.8. The number of rotatable bonds is 4. The summed E-state index contributed by atoms with van der Waals surface area (Å²) in [5, 5.41) is 0. The van der Waals surface area contributed by atoms with Crippen LogP contribution in [0.2, 0.25) is 0 Å².